The summed E-state index contributed by atoms with van der Waals surface area (Å²) in [6.45, 7) is 2.48. The van der Waals surface area contributed by atoms with Crippen LogP contribution in [-0.4, -0.2) is 31.2 Å². The molecule has 0 unspecified atom stereocenters. The Balaban J connectivity index is 2.00. The van der Waals surface area contributed by atoms with E-state index in [1.165, 1.54) is 0 Å². The van der Waals surface area contributed by atoms with Crippen LogP contribution in [0.4, 0.5) is 13.2 Å². The zero-order chi connectivity index (χ0) is 14.8. The summed E-state index contributed by atoms with van der Waals surface area (Å²) in [6.07, 6.45) is -2.05. The van der Waals surface area contributed by atoms with Crippen molar-refractivity contribution in [2.45, 2.75) is 31.7 Å². The Morgan fingerprint density at radius 1 is 1.30 bits per heavy atom. The number of ether oxygens (including phenoxy) is 1. The van der Waals surface area contributed by atoms with Gasteiger partial charge in [-0.15, -0.1) is 0 Å². The highest BCUT2D eigenvalue weighted by Gasteiger charge is 2.31. The summed E-state index contributed by atoms with van der Waals surface area (Å²) >= 11 is 3.24. The van der Waals surface area contributed by atoms with E-state index in [1.807, 2.05) is 0 Å². The zero-order valence-electron chi connectivity index (χ0n) is 11.2. The van der Waals surface area contributed by atoms with Gasteiger partial charge in [0.15, 0.2) is 0 Å². The van der Waals surface area contributed by atoms with Crippen molar-refractivity contribution in [1.29, 1.82) is 0 Å². The van der Waals surface area contributed by atoms with Gasteiger partial charge >= 0.3 is 6.18 Å². The molecule has 1 heterocycles. The second-order valence-electron chi connectivity index (χ2n) is 5.02. The van der Waals surface area contributed by atoms with E-state index in [-0.39, 0.29) is 0 Å². The highest BCUT2D eigenvalue weighted by molar-refractivity contribution is 9.10. The topological polar surface area (TPSA) is 12.5 Å². The van der Waals surface area contributed by atoms with Crippen LogP contribution in [0, 0.1) is 0 Å². The molecule has 0 atom stereocenters. The van der Waals surface area contributed by atoms with E-state index < -0.39 is 11.7 Å². The maximum absolute atomic E-state index is 12.6. The second-order valence-corrected chi connectivity index (χ2v) is 5.87. The normalized spacial score (nSPS) is 18.4. The van der Waals surface area contributed by atoms with Crippen LogP contribution >= 0.6 is 15.9 Å². The Bertz CT molecular complexity index is 456. The van der Waals surface area contributed by atoms with E-state index in [0.717, 1.165) is 43.6 Å². The molecule has 1 aromatic rings. The molecule has 1 fully saturated rings. The van der Waals surface area contributed by atoms with Crippen LogP contribution in [-0.2, 0) is 17.5 Å². The molecule has 0 saturated carbocycles. The van der Waals surface area contributed by atoms with Gasteiger partial charge in [-0.3, -0.25) is 4.90 Å². The molecule has 2 nitrogen and oxygen atoms in total. The SMILES string of the molecule is COC1CCN(Cc2ccc(C(F)(F)F)cc2Br)CC1. The highest BCUT2D eigenvalue weighted by atomic mass is 79.9. The number of alkyl halides is 3. The second kappa shape index (κ2) is 6.45. The summed E-state index contributed by atoms with van der Waals surface area (Å²) in [6, 6.07) is 3.84. The number of hydrogen-bond donors (Lipinski definition) is 0. The van der Waals surface area contributed by atoms with Crippen molar-refractivity contribution >= 4 is 15.9 Å². The quantitative estimate of drug-likeness (QED) is 0.813. The molecule has 0 spiro atoms. The summed E-state index contributed by atoms with van der Waals surface area (Å²) in [5.74, 6) is 0. The fourth-order valence-corrected chi connectivity index (χ4v) is 2.90. The van der Waals surface area contributed by atoms with Crippen molar-refractivity contribution < 1.29 is 17.9 Å². The fourth-order valence-electron chi connectivity index (χ4n) is 2.40. The average molecular weight is 352 g/mol. The van der Waals surface area contributed by atoms with Gasteiger partial charge < -0.3 is 4.74 Å². The van der Waals surface area contributed by atoms with Gasteiger partial charge in [0.1, 0.15) is 0 Å². The number of halogens is 4. The van der Waals surface area contributed by atoms with Crippen molar-refractivity contribution in [2.75, 3.05) is 20.2 Å². The molecule has 0 aromatic heterocycles. The Morgan fingerprint density at radius 2 is 1.95 bits per heavy atom. The number of piperidine rings is 1. The standard InChI is InChI=1S/C14H17BrF3NO/c1-20-12-4-6-19(7-5-12)9-10-2-3-11(8-13(10)15)14(16,17)18/h2-3,8,12H,4-7,9H2,1H3. The molecule has 1 aromatic carbocycles. The zero-order valence-corrected chi connectivity index (χ0v) is 12.8. The predicted molar refractivity (Wildman–Crippen MR) is 74.5 cm³/mol. The van der Waals surface area contributed by atoms with Crippen molar-refractivity contribution in [3.05, 3.63) is 33.8 Å². The van der Waals surface area contributed by atoms with Crippen LogP contribution in [0.3, 0.4) is 0 Å². The van der Waals surface area contributed by atoms with Crippen molar-refractivity contribution in [1.82, 2.24) is 4.90 Å². The number of nitrogens with zero attached hydrogens (tertiary/aromatic N) is 1. The molecule has 20 heavy (non-hydrogen) atoms. The Kier molecular flexibility index (Phi) is 5.09. The van der Waals surface area contributed by atoms with E-state index in [1.54, 1.807) is 13.2 Å². The minimum Gasteiger partial charge on any atom is -0.381 e. The lowest BCUT2D eigenvalue weighted by molar-refractivity contribution is -0.137. The molecule has 6 heteroatoms. The Morgan fingerprint density at radius 3 is 2.45 bits per heavy atom. The van der Waals surface area contributed by atoms with Crippen molar-refractivity contribution in [3.8, 4) is 0 Å². The van der Waals surface area contributed by atoms with Gasteiger partial charge in [-0.1, -0.05) is 22.0 Å². The summed E-state index contributed by atoms with van der Waals surface area (Å²) in [7, 11) is 1.72. The van der Waals surface area contributed by atoms with Gasteiger partial charge in [-0.25, -0.2) is 0 Å². The van der Waals surface area contributed by atoms with Gasteiger partial charge in [0.25, 0.3) is 0 Å². The highest BCUT2D eigenvalue weighted by Crippen LogP contribution is 2.32. The first kappa shape index (κ1) is 15.8. The van der Waals surface area contributed by atoms with Crippen LogP contribution in [0.25, 0.3) is 0 Å². The van der Waals surface area contributed by atoms with Gasteiger partial charge in [-0.2, -0.15) is 13.2 Å². The van der Waals surface area contributed by atoms with E-state index in [4.69, 9.17) is 4.74 Å². The number of methoxy groups -OCH3 is 1. The summed E-state index contributed by atoms with van der Waals surface area (Å²) in [5, 5.41) is 0. The third-order valence-corrected chi connectivity index (χ3v) is 4.38. The molecule has 112 valence electrons. The molecule has 0 aliphatic carbocycles. The number of rotatable bonds is 3. The van der Waals surface area contributed by atoms with Crippen LogP contribution in [0.1, 0.15) is 24.0 Å². The third-order valence-electron chi connectivity index (χ3n) is 3.64. The van der Waals surface area contributed by atoms with Gasteiger partial charge in [0.2, 0.25) is 0 Å². The Labute approximate surface area is 125 Å². The molecule has 1 aliphatic heterocycles. The van der Waals surface area contributed by atoms with Crippen LogP contribution in [0.2, 0.25) is 0 Å². The molecule has 0 radical (unpaired) electrons. The van der Waals surface area contributed by atoms with Gasteiger partial charge in [0.05, 0.1) is 11.7 Å². The predicted octanol–water partition coefficient (Wildman–Crippen LogP) is 4.08. The van der Waals surface area contributed by atoms with E-state index in [0.29, 0.717) is 17.1 Å². The number of likely N-dealkylation sites (tertiary alicyclic amines) is 1. The third kappa shape index (κ3) is 3.96. The lowest BCUT2D eigenvalue weighted by Crippen LogP contribution is -2.36. The molecule has 0 N–H and O–H groups in total. The smallest absolute Gasteiger partial charge is 0.381 e. The van der Waals surface area contributed by atoms with Crippen LogP contribution in [0.5, 0.6) is 0 Å². The minimum atomic E-state index is -4.29. The first-order valence-electron chi connectivity index (χ1n) is 6.51. The minimum absolute atomic E-state index is 0.308. The number of benzene rings is 1. The lowest BCUT2D eigenvalue weighted by atomic mass is 10.1. The molecular weight excluding hydrogens is 335 g/mol. The lowest BCUT2D eigenvalue weighted by Gasteiger charge is -2.31. The molecular formula is C14H17BrF3NO. The monoisotopic (exact) mass is 351 g/mol. The van der Waals surface area contributed by atoms with Crippen LogP contribution in [0.15, 0.2) is 22.7 Å². The Hall–Kier alpha value is -0.590. The molecule has 0 amide bonds. The first-order chi connectivity index (χ1) is 9.40. The summed E-state index contributed by atoms with van der Waals surface area (Å²) < 4.78 is 43.6. The average Bonchev–Trinajstić information content (AvgIpc) is 2.41. The van der Waals surface area contributed by atoms with Crippen LogP contribution < -0.4 is 0 Å². The first-order valence-corrected chi connectivity index (χ1v) is 7.30. The molecule has 1 saturated heterocycles. The van der Waals surface area contributed by atoms with E-state index in [2.05, 4.69) is 20.8 Å². The largest absolute Gasteiger partial charge is 0.416 e. The molecule has 1 aliphatic rings. The van der Waals surface area contributed by atoms with Gasteiger partial charge in [-0.05, 0) is 30.5 Å². The van der Waals surface area contributed by atoms with Crippen molar-refractivity contribution in [2.24, 2.45) is 0 Å². The van der Waals surface area contributed by atoms with E-state index >= 15 is 0 Å². The van der Waals surface area contributed by atoms with Crippen molar-refractivity contribution in [3.63, 3.8) is 0 Å². The van der Waals surface area contributed by atoms with E-state index in [9.17, 15) is 13.2 Å². The summed E-state index contributed by atoms with van der Waals surface area (Å²) in [5.41, 5.74) is 0.264. The van der Waals surface area contributed by atoms with Gasteiger partial charge in [0, 0.05) is 31.2 Å². The fraction of sp³-hybridized carbons (Fsp3) is 0.571. The summed E-state index contributed by atoms with van der Waals surface area (Å²) in [4.78, 5) is 2.24. The molecule has 0 bridgehead atoms. The number of hydrogen-bond acceptors (Lipinski definition) is 2. The maximum atomic E-state index is 12.6. The maximum Gasteiger partial charge on any atom is 0.416 e. The molecule has 2 rings (SSSR count).